The van der Waals surface area contributed by atoms with Gasteiger partial charge in [-0.15, -0.1) is 5.10 Å². The molecule has 1 aromatic rings. The molecule has 0 saturated heterocycles. The van der Waals surface area contributed by atoms with E-state index in [2.05, 4.69) is 15.6 Å². The van der Waals surface area contributed by atoms with E-state index in [9.17, 15) is 9.59 Å². The normalized spacial score (nSPS) is 35.5. The maximum atomic E-state index is 12.2. The average Bonchev–Trinajstić information content (AvgIpc) is 2.90. The predicted molar refractivity (Wildman–Crippen MR) is 76.0 cm³/mol. The first-order valence-corrected chi connectivity index (χ1v) is 8.01. The van der Waals surface area contributed by atoms with Gasteiger partial charge in [0.2, 0.25) is 5.91 Å². The smallest absolute Gasteiger partial charge is 0.358 e. The molecule has 1 heterocycles. The number of carboxylic acid groups (broad SMARTS) is 1. The Labute approximate surface area is 128 Å². The summed E-state index contributed by atoms with van der Waals surface area (Å²) in [4.78, 5) is 23.0. The zero-order valence-corrected chi connectivity index (χ0v) is 12.3. The second kappa shape index (κ2) is 5.07. The van der Waals surface area contributed by atoms with Crippen LogP contribution < -0.4 is 5.32 Å². The van der Waals surface area contributed by atoms with Crippen molar-refractivity contribution in [3.63, 3.8) is 0 Å². The first-order valence-electron chi connectivity index (χ1n) is 8.01. The molecule has 4 saturated carbocycles. The second-order valence-electron chi connectivity index (χ2n) is 7.13. The molecule has 2 N–H and O–H groups in total. The Morgan fingerprint density at radius 1 is 1.18 bits per heavy atom. The van der Waals surface area contributed by atoms with Gasteiger partial charge < -0.3 is 10.4 Å². The van der Waals surface area contributed by atoms with Gasteiger partial charge in [-0.3, -0.25) is 4.79 Å². The Balaban J connectivity index is 1.38. The Kier molecular flexibility index (Phi) is 3.16. The monoisotopic (exact) mass is 304 g/mol. The highest BCUT2D eigenvalue weighted by Gasteiger charge is 2.48. The molecule has 7 heteroatoms. The molecule has 0 aromatic carbocycles. The lowest BCUT2D eigenvalue weighted by atomic mass is 9.54. The summed E-state index contributed by atoms with van der Waals surface area (Å²) in [6.45, 7) is 0.0308. The molecule has 1 amide bonds. The number of hydrogen-bond donors (Lipinski definition) is 2. The molecule has 22 heavy (non-hydrogen) atoms. The molecule has 0 spiro atoms. The zero-order chi connectivity index (χ0) is 15.3. The number of carbonyl (C=O) groups excluding carboxylic acids is 1. The number of rotatable bonds is 4. The van der Waals surface area contributed by atoms with Crippen LogP contribution in [0.3, 0.4) is 0 Å². The fourth-order valence-electron chi connectivity index (χ4n) is 5.01. The van der Waals surface area contributed by atoms with Crippen LogP contribution in [0.25, 0.3) is 0 Å². The second-order valence-corrected chi connectivity index (χ2v) is 7.13. The number of hydrogen-bond acceptors (Lipinski definition) is 4. The summed E-state index contributed by atoms with van der Waals surface area (Å²) >= 11 is 0. The van der Waals surface area contributed by atoms with Crippen LogP contribution in [0.1, 0.15) is 42.6 Å². The molecular weight excluding hydrogens is 284 g/mol. The maximum absolute atomic E-state index is 12.2. The van der Waals surface area contributed by atoms with E-state index >= 15 is 0 Å². The summed E-state index contributed by atoms with van der Waals surface area (Å²) in [5.41, 5.74) is -0.137. The molecule has 0 unspecified atom stereocenters. The van der Waals surface area contributed by atoms with E-state index in [1.807, 2.05) is 0 Å². The summed E-state index contributed by atoms with van der Waals surface area (Å²) in [6.07, 6.45) is 7.70. The molecule has 4 bridgehead atoms. The third-order valence-corrected chi connectivity index (χ3v) is 5.62. The highest BCUT2D eigenvalue weighted by atomic mass is 16.4. The molecule has 0 atom stereocenters. The largest absolute Gasteiger partial charge is 0.476 e. The van der Waals surface area contributed by atoms with Gasteiger partial charge in [0.05, 0.1) is 6.20 Å². The van der Waals surface area contributed by atoms with E-state index in [1.54, 1.807) is 0 Å². The maximum Gasteiger partial charge on any atom is 0.358 e. The third kappa shape index (κ3) is 2.38. The van der Waals surface area contributed by atoms with E-state index in [0.717, 1.165) is 11.8 Å². The number of carboxylic acids is 1. The minimum Gasteiger partial charge on any atom is -0.476 e. The van der Waals surface area contributed by atoms with Crippen molar-refractivity contribution in [2.45, 2.75) is 44.7 Å². The summed E-state index contributed by atoms with van der Waals surface area (Å²) in [5, 5.41) is 19.2. The Bertz CT molecular complexity index is 584. The zero-order valence-electron chi connectivity index (χ0n) is 12.3. The lowest BCUT2D eigenvalue weighted by Gasteiger charge is -2.54. The molecule has 5 rings (SSSR count). The minimum absolute atomic E-state index is 0.0308. The van der Waals surface area contributed by atoms with Gasteiger partial charge in [0, 0.05) is 6.04 Å². The molecule has 1 aromatic heterocycles. The lowest BCUT2D eigenvalue weighted by Crippen LogP contribution is -2.56. The van der Waals surface area contributed by atoms with Gasteiger partial charge in [0.15, 0.2) is 5.69 Å². The quantitative estimate of drug-likeness (QED) is 0.862. The topological polar surface area (TPSA) is 97.1 Å². The van der Waals surface area contributed by atoms with Crippen molar-refractivity contribution >= 4 is 11.9 Å². The van der Waals surface area contributed by atoms with Gasteiger partial charge in [-0.05, 0) is 55.8 Å². The van der Waals surface area contributed by atoms with Crippen LogP contribution in [0.4, 0.5) is 0 Å². The van der Waals surface area contributed by atoms with Gasteiger partial charge in [0.1, 0.15) is 6.54 Å². The molecular formula is C15H20N4O3. The van der Waals surface area contributed by atoms with Crippen molar-refractivity contribution in [2.24, 2.45) is 23.7 Å². The molecule has 4 aliphatic carbocycles. The number of nitrogens with zero attached hydrogens (tertiary/aromatic N) is 3. The molecule has 4 fully saturated rings. The fraction of sp³-hybridized carbons (Fsp3) is 0.733. The minimum atomic E-state index is -1.13. The Morgan fingerprint density at radius 2 is 1.82 bits per heavy atom. The summed E-state index contributed by atoms with van der Waals surface area (Å²) in [6, 6.07) is 0.294. The van der Waals surface area contributed by atoms with Gasteiger partial charge in [-0.25, -0.2) is 9.48 Å². The van der Waals surface area contributed by atoms with Crippen LogP contribution in [0, 0.1) is 23.7 Å². The van der Waals surface area contributed by atoms with E-state index < -0.39 is 5.97 Å². The van der Waals surface area contributed by atoms with Crippen molar-refractivity contribution in [3.8, 4) is 0 Å². The van der Waals surface area contributed by atoms with Crippen molar-refractivity contribution in [3.05, 3.63) is 11.9 Å². The Hall–Kier alpha value is -1.92. The van der Waals surface area contributed by atoms with Gasteiger partial charge >= 0.3 is 5.97 Å². The van der Waals surface area contributed by atoms with E-state index in [1.165, 1.54) is 43.0 Å². The first kappa shape index (κ1) is 13.7. The van der Waals surface area contributed by atoms with Gasteiger partial charge in [0.25, 0.3) is 0 Å². The van der Waals surface area contributed by atoms with Crippen LogP contribution in [-0.4, -0.2) is 38.0 Å². The molecule has 0 aliphatic heterocycles. The summed E-state index contributed by atoms with van der Waals surface area (Å²) < 4.78 is 1.29. The first-order chi connectivity index (χ1) is 10.6. The lowest BCUT2D eigenvalue weighted by molar-refractivity contribution is -0.125. The average molecular weight is 304 g/mol. The van der Waals surface area contributed by atoms with Crippen LogP contribution in [-0.2, 0) is 11.3 Å². The standard InChI is InChI=1S/C15H20N4O3/c20-13(7-19-6-12(15(21)22)17-18-19)16-14-10-2-8-1-9(4-10)5-11(14)3-8/h6,8-11,14H,1-5,7H2,(H,16,20)(H,21,22). The highest BCUT2D eigenvalue weighted by Crippen LogP contribution is 2.53. The molecule has 118 valence electrons. The van der Waals surface area contributed by atoms with Crippen molar-refractivity contribution in [2.75, 3.05) is 0 Å². The van der Waals surface area contributed by atoms with Crippen LogP contribution >= 0.6 is 0 Å². The molecule has 0 radical (unpaired) electrons. The van der Waals surface area contributed by atoms with E-state index in [-0.39, 0.29) is 18.1 Å². The highest BCUT2D eigenvalue weighted by molar-refractivity contribution is 5.84. The van der Waals surface area contributed by atoms with Crippen molar-refractivity contribution < 1.29 is 14.7 Å². The third-order valence-electron chi connectivity index (χ3n) is 5.62. The number of aromatic nitrogens is 3. The predicted octanol–water partition coefficient (Wildman–Crippen LogP) is 0.917. The molecule has 4 aliphatic rings. The molecule has 7 nitrogen and oxygen atoms in total. The van der Waals surface area contributed by atoms with Gasteiger partial charge in [-0.1, -0.05) is 5.21 Å². The summed E-state index contributed by atoms with van der Waals surface area (Å²) in [7, 11) is 0. The van der Waals surface area contributed by atoms with Crippen molar-refractivity contribution in [1.82, 2.24) is 20.3 Å². The number of aromatic carboxylic acids is 1. The summed E-state index contributed by atoms with van der Waals surface area (Å²) in [5.74, 6) is 1.79. The van der Waals surface area contributed by atoms with Crippen molar-refractivity contribution in [1.29, 1.82) is 0 Å². The number of carbonyl (C=O) groups is 2. The fourth-order valence-corrected chi connectivity index (χ4v) is 5.01. The van der Waals surface area contributed by atoms with Crippen LogP contribution in [0.5, 0.6) is 0 Å². The SMILES string of the molecule is O=C(Cn1cc(C(=O)O)nn1)NC1C2CC3CC(C2)CC1C3. The Morgan fingerprint density at radius 3 is 2.36 bits per heavy atom. The van der Waals surface area contributed by atoms with Gasteiger partial charge in [-0.2, -0.15) is 0 Å². The van der Waals surface area contributed by atoms with E-state index in [0.29, 0.717) is 17.9 Å². The number of amides is 1. The van der Waals surface area contributed by atoms with E-state index in [4.69, 9.17) is 5.11 Å². The number of nitrogens with one attached hydrogen (secondary N) is 1. The van der Waals surface area contributed by atoms with Crippen LogP contribution in [0.15, 0.2) is 6.20 Å². The van der Waals surface area contributed by atoms with Crippen LogP contribution in [0.2, 0.25) is 0 Å².